The van der Waals surface area contributed by atoms with Crippen molar-refractivity contribution in [2.75, 3.05) is 39.2 Å². The van der Waals surface area contributed by atoms with Gasteiger partial charge in [0.1, 0.15) is 24.0 Å². The minimum atomic E-state index is -0.0629. The van der Waals surface area contributed by atoms with Gasteiger partial charge in [-0.3, -0.25) is 4.79 Å². The molecule has 1 fully saturated rings. The van der Waals surface area contributed by atoms with Gasteiger partial charge in [0, 0.05) is 38.7 Å². The lowest BCUT2D eigenvalue weighted by Gasteiger charge is -2.18. The first kappa shape index (κ1) is 17.0. The zero-order valence-corrected chi connectivity index (χ0v) is 14.7. The molecule has 7 heteroatoms. The number of hydrogen-bond donors (Lipinski definition) is 0. The van der Waals surface area contributed by atoms with E-state index in [1.54, 1.807) is 42.3 Å². The summed E-state index contributed by atoms with van der Waals surface area (Å²) < 4.78 is 11.1. The lowest BCUT2D eigenvalue weighted by Crippen LogP contribution is -2.31. The summed E-state index contributed by atoms with van der Waals surface area (Å²) in [5.74, 6) is 2.06. The zero-order valence-electron chi connectivity index (χ0n) is 14.7. The molecule has 1 aromatic heterocycles. The van der Waals surface area contributed by atoms with E-state index >= 15 is 0 Å². The van der Waals surface area contributed by atoms with Crippen LogP contribution >= 0.6 is 0 Å². The highest BCUT2D eigenvalue weighted by atomic mass is 16.5. The number of anilines is 1. The Morgan fingerprint density at radius 3 is 2.68 bits per heavy atom. The van der Waals surface area contributed by atoms with Gasteiger partial charge in [0.05, 0.1) is 13.7 Å². The maximum atomic E-state index is 12.6. The molecule has 0 radical (unpaired) electrons. The molecule has 1 aromatic carbocycles. The van der Waals surface area contributed by atoms with Gasteiger partial charge < -0.3 is 19.3 Å². The molecular formula is C18H22N4O3. The third-order valence-corrected chi connectivity index (χ3v) is 4.14. The van der Waals surface area contributed by atoms with Crippen LogP contribution in [0.15, 0.2) is 36.7 Å². The molecule has 2 heterocycles. The smallest absolute Gasteiger partial charge is 0.253 e. The third kappa shape index (κ3) is 3.99. The van der Waals surface area contributed by atoms with E-state index in [0.717, 1.165) is 18.0 Å². The summed E-state index contributed by atoms with van der Waals surface area (Å²) in [5.41, 5.74) is 0.651. The van der Waals surface area contributed by atoms with Crippen LogP contribution in [-0.4, -0.2) is 61.2 Å². The number of amides is 1. The number of ether oxygens (including phenoxy) is 2. The molecule has 25 heavy (non-hydrogen) atoms. The molecule has 1 atom stereocenters. The van der Waals surface area contributed by atoms with Gasteiger partial charge in [-0.1, -0.05) is 0 Å². The fraction of sp³-hybridized carbons (Fsp3) is 0.389. The maximum Gasteiger partial charge on any atom is 0.253 e. The second-order valence-electron chi connectivity index (χ2n) is 6.12. The van der Waals surface area contributed by atoms with Gasteiger partial charge in [0.2, 0.25) is 5.88 Å². The van der Waals surface area contributed by atoms with Crippen molar-refractivity contribution in [3.05, 3.63) is 42.2 Å². The van der Waals surface area contributed by atoms with E-state index < -0.39 is 0 Å². The number of benzene rings is 1. The van der Waals surface area contributed by atoms with Gasteiger partial charge in [0.25, 0.3) is 5.91 Å². The summed E-state index contributed by atoms with van der Waals surface area (Å²) in [6, 6.07) is 8.95. The predicted octanol–water partition coefficient (Wildman–Crippen LogP) is 1.84. The van der Waals surface area contributed by atoms with Gasteiger partial charge >= 0.3 is 0 Å². The highest BCUT2D eigenvalue weighted by Gasteiger charge is 2.28. The zero-order chi connectivity index (χ0) is 17.8. The van der Waals surface area contributed by atoms with Crippen molar-refractivity contribution in [3.63, 3.8) is 0 Å². The lowest BCUT2D eigenvalue weighted by molar-refractivity contribution is 0.0771. The molecule has 0 aliphatic carbocycles. The van der Waals surface area contributed by atoms with Gasteiger partial charge in [-0.2, -0.15) is 0 Å². The Hall–Kier alpha value is -2.83. The molecule has 0 spiro atoms. The molecular weight excluding hydrogens is 320 g/mol. The lowest BCUT2D eigenvalue weighted by atomic mass is 10.2. The molecule has 0 N–H and O–H groups in total. The first-order valence-corrected chi connectivity index (χ1v) is 8.16. The number of aromatic nitrogens is 2. The van der Waals surface area contributed by atoms with E-state index in [1.807, 2.05) is 19.0 Å². The molecule has 7 nitrogen and oxygen atoms in total. The summed E-state index contributed by atoms with van der Waals surface area (Å²) in [4.78, 5) is 24.6. The summed E-state index contributed by atoms with van der Waals surface area (Å²) in [6.45, 7) is 1.22. The Labute approximate surface area is 147 Å². The first-order valence-electron chi connectivity index (χ1n) is 8.16. The van der Waals surface area contributed by atoms with Gasteiger partial charge in [-0.25, -0.2) is 9.97 Å². The number of carbonyl (C=O) groups excluding carboxylic acids is 1. The molecule has 1 amide bonds. The van der Waals surface area contributed by atoms with E-state index in [0.29, 0.717) is 24.5 Å². The van der Waals surface area contributed by atoms with Crippen LogP contribution in [0.1, 0.15) is 16.8 Å². The van der Waals surface area contributed by atoms with E-state index in [9.17, 15) is 4.79 Å². The minimum absolute atomic E-state index is 0.00502. The molecule has 3 rings (SSSR count). The summed E-state index contributed by atoms with van der Waals surface area (Å²) >= 11 is 0. The van der Waals surface area contributed by atoms with Crippen LogP contribution in [0.3, 0.4) is 0 Å². The average Bonchev–Trinajstić information content (AvgIpc) is 3.10. The summed E-state index contributed by atoms with van der Waals surface area (Å²) in [7, 11) is 5.43. The number of carbonyl (C=O) groups is 1. The van der Waals surface area contributed by atoms with Gasteiger partial charge in [-0.15, -0.1) is 0 Å². The summed E-state index contributed by atoms with van der Waals surface area (Å²) in [5, 5.41) is 0. The number of methoxy groups -OCH3 is 1. The Bertz CT molecular complexity index is 733. The topological polar surface area (TPSA) is 67.8 Å². The van der Waals surface area contributed by atoms with E-state index in [1.165, 1.54) is 6.33 Å². The van der Waals surface area contributed by atoms with Crippen LogP contribution < -0.4 is 14.4 Å². The Morgan fingerprint density at radius 1 is 1.24 bits per heavy atom. The van der Waals surface area contributed by atoms with Crippen molar-refractivity contribution in [1.29, 1.82) is 0 Å². The molecule has 1 aliphatic heterocycles. The van der Waals surface area contributed by atoms with Crippen LogP contribution in [0.4, 0.5) is 5.82 Å². The third-order valence-electron chi connectivity index (χ3n) is 4.14. The molecule has 0 saturated carbocycles. The minimum Gasteiger partial charge on any atom is -0.497 e. The van der Waals surface area contributed by atoms with Crippen LogP contribution in [0.2, 0.25) is 0 Å². The molecule has 0 bridgehead atoms. The van der Waals surface area contributed by atoms with E-state index in [-0.39, 0.29) is 12.0 Å². The van der Waals surface area contributed by atoms with E-state index in [4.69, 9.17) is 9.47 Å². The second kappa shape index (κ2) is 7.38. The second-order valence-corrected chi connectivity index (χ2v) is 6.12. The van der Waals surface area contributed by atoms with E-state index in [2.05, 4.69) is 9.97 Å². The number of likely N-dealkylation sites (tertiary alicyclic amines) is 1. The van der Waals surface area contributed by atoms with Gasteiger partial charge in [0.15, 0.2) is 0 Å². The fourth-order valence-corrected chi connectivity index (χ4v) is 2.73. The predicted molar refractivity (Wildman–Crippen MR) is 94.3 cm³/mol. The van der Waals surface area contributed by atoms with Crippen molar-refractivity contribution >= 4 is 11.7 Å². The number of rotatable bonds is 5. The first-order chi connectivity index (χ1) is 12.1. The standard InChI is InChI=1S/C18H22N4O3/c1-21(2)16-10-17(20-12-19-16)25-15-8-9-22(11-15)18(23)13-4-6-14(24-3)7-5-13/h4-7,10,12,15H,8-9,11H2,1-3H3/t15-/m0/s1. The molecule has 1 saturated heterocycles. The van der Waals surface area contributed by atoms with Crippen molar-refractivity contribution in [2.45, 2.75) is 12.5 Å². The fourth-order valence-electron chi connectivity index (χ4n) is 2.73. The van der Waals surface area contributed by atoms with Crippen molar-refractivity contribution in [2.24, 2.45) is 0 Å². The quantitative estimate of drug-likeness (QED) is 0.826. The Morgan fingerprint density at radius 2 is 2.00 bits per heavy atom. The van der Waals surface area contributed by atoms with Crippen LogP contribution in [0.25, 0.3) is 0 Å². The SMILES string of the molecule is COc1ccc(C(=O)N2CC[C@H](Oc3cc(N(C)C)ncn3)C2)cc1. The monoisotopic (exact) mass is 342 g/mol. The number of nitrogens with zero attached hydrogens (tertiary/aromatic N) is 4. The summed E-state index contributed by atoms with van der Waals surface area (Å²) in [6.07, 6.45) is 2.20. The number of hydrogen-bond acceptors (Lipinski definition) is 6. The van der Waals surface area contributed by atoms with Crippen molar-refractivity contribution in [3.8, 4) is 11.6 Å². The van der Waals surface area contributed by atoms with Crippen LogP contribution in [0.5, 0.6) is 11.6 Å². The maximum absolute atomic E-state index is 12.6. The van der Waals surface area contributed by atoms with Gasteiger partial charge in [-0.05, 0) is 24.3 Å². The highest BCUT2D eigenvalue weighted by Crippen LogP contribution is 2.21. The van der Waals surface area contributed by atoms with Crippen LogP contribution in [0, 0.1) is 0 Å². The average molecular weight is 342 g/mol. The molecule has 2 aromatic rings. The largest absolute Gasteiger partial charge is 0.497 e. The normalized spacial score (nSPS) is 16.6. The molecule has 132 valence electrons. The highest BCUT2D eigenvalue weighted by molar-refractivity contribution is 5.94. The van der Waals surface area contributed by atoms with Crippen molar-refractivity contribution < 1.29 is 14.3 Å². The molecule has 1 aliphatic rings. The van der Waals surface area contributed by atoms with Crippen LogP contribution in [-0.2, 0) is 0 Å². The van der Waals surface area contributed by atoms with Crippen molar-refractivity contribution in [1.82, 2.24) is 14.9 Å². The Kier molecular flexibility index (Phi) is 5.02. The Balaban J connectivity index is 1.61. The molecule has 0 unspecified atom stereocenters.